The van der Waals surface area contributed by atoms with Crippen LogP contribution in [-0.2, 0) is 0 Å². The highest BCUT2D eigenvalue weighted by Gasteiger charge is 1.98. The zero-order valence-electron chi connectivity index (χ0n) is 4.81. The first kappa shape index (κ1) is 5.84. The number of H-pyrrole nitrogens is 1. The van der Waals surface area contributed by atoms with E-state index in [1.54, 1.807) is 12.1 Å². The van der Waals surface area contributed by atoms with Gasteiger partial charge in [-0.2, -0.15) is 0 Å². The van der Waals surface area contributed by atoms with Crippen molar-refractivity contribution in [2.75, 3.05) is 5.48 Å². The smallest absolute Gasteiger partial charge is 0.278 e. The molecule has 1 aromatic heterocycles. The molecule has 4 heteroatoms. The summed E-state index contributed by atoms with van der Waals surface area (Å²) in [5.41, 5.74) is 1.96. The summed E-state index contributed by atoms with van der Waals surface area (Å²) in [7, 11) is 0. The largest absolute Gasteiger partial charge is 0.288 e. The van der Waals surface area contributed by atoms with Crippen molar-refractivity contribution in [3.05, 3.63) is 12.1 Å². The maximum atomic E-state index is 8.32. The van der Waals surface area contributed by atoms with Gasteiger partial charge in [-0.25, -0.2) is 10.5 Å². The molecular formula is C5H8N3O+. The normalized spacial score (nSPS) is 9.00. The van der Waals surface area contributed by atoms with Gasteiger partial charge in [-0.15, -0.1) is 0 Å². The van der Waals surface area contributed by atoms with Crippen LogP contribution in [0, 0.1) is 0 Å². The highest BCUT2D eigenvalue weighted by molar-refractivity contribution is 5.40. The molecule has 0 aliphatic carbocycles. The molecule has 0 aliphatic rings. The molecule has 0 saturated heterocycles. The van der Waals surface area contributed by atoms with Crippen LogP contribution in [0.2, 0.25) is 0 Å². The number of nitrogens with one attached hydrogen (secondary N) is 3. The highest BCUT2D eigenvalue weighted by Crippen LogP contribution is 2.04. The molecular weight excluding hydrogens is 118 g/mol. The Labute approximate surface area is 52.2 Å². The summed E-state index contributed by atoms with van der Waals surface area (Å²) in [5, 5.41) is 8.32. The van der Waals surface area contributed by atoms with Crippen molar-refractivity contribution in [2.24, 2.45) is 0 Å². The average molecular weight is 126 g/mol. The molecule has 4 N–H and O–H groups in total. The van der Waals surface area contributed by atoms with Gasteiger partial charge in [0.1, 0.15) is 0 Å². The fourth-order valence-electron chi connectivity index (χ4n) is 0.563. The van der Waals surface area contributed by atoms with Crippen molar-refractivity contribution in [3.63, 3.8) is 0 Å². The highest BCUT2D eigenvalue weighted by atomic mass is 16.5. The van der Waals surface area contributed by atoms with Gasteiger partial charge >= 0.3 is 0 Å². The van der Waals surface area contributed by atoms with Gasteiger partial charge in [-0.3, -0.25) is 10.2 Å². The van der Waals surface area contributed by atoms with Crippen LogP contribution in [0.25, 0.3) is 0 Å². The summed E-state index contributed by atoms with van der Waals surface area (Å²) in [6, 6.07) is 3.44. The third-order valence-corrected chi connectivity index (χ3v) is 0.997. The van der Waals surface area contributed by atoms with E-state index in [-0.39, 0.29) is 0 Å². The van der Waals surface area contributed by atoms with E-state index in [9.17, 15) is 0 Å². The number of aromatic amines is 1. The fraction of sp³-hybridized carbons (Fsp3) is 0. The van der Waals surface area contributed by atoms with Gasteiger partial charge in [0, 0.05) is 12.1 Å². The average Bonchev–Trinajstić information content (AvgIpc) is 2.34. The molecule has 48 valence electrons. The van der Waals surface area contributed by atoms with Crippen LogP contribution < -0.4 is 10.5 Å². The summed E-state index contributed by atoms with van der Waals surface area (Å²) >= 11 is 0. The fourth-order valence-corrected chi connectivity index (χ4v) is 0.563. The van der Waals surface area contributed by atoms with Crippen LogP contribution in [0.15, 0.2) is 12.1 Å². The Balaban J connectivity index is 2.86. The van der Waals surface area contributed by atoms with E-state index in [4.69, 9.17) is 5.21 Å². The topological polar surface area (TPSA) is 62.0 Å². The quantitative estimate of drug-likeness (QED) is 0.310. The van der Waals surface area contributed by atoms with Crippen molar-refractivity contribution in [1.29, 1.82) is 0 Å². The van der Waals surface area contributed by atoms with Crippen LogP contribution in [-0.4, -0.2) is 16.9 Å². The third-order valence-electron chi connectivity index (χ3n) is 0.997. The second-order valence-electron chi connectivity index (χ2n) is 1.57. The summed E-state index contributed by atoms with van der Waals surface area (Å²) < 4.78 is 0. The van der Waals surface area contributed by atoms with Crippen molar-refractivity contribution >= 4 is 18.4 Å². The van der Waals surface area contributed by atoms with Gasteiger partial charge in [0.05, 0.1) is 6.72 Å². The second-order valence-corrected chi connectivity index (χ2v) is 1.57. The zero-order valence-corrected chi connectivity index (χ0v) is 4.81. The number of rotatable bonds is 2. The lowest BCUT2D eigenvalue weighted by Gasteiger charge is -1.82. The minimum atomic E-state index is 0.543. The Morgan fingerprint density at radius 3 is 2.78 bits per heavy atom. The molecule has 1 aromatic rings. The summed E-state index contributed by atoms with van der Waals surface area (Å²) in [6.45, 7) is 3.41. The summed E-state index contributed by atoms with van der Waals surface area (Å²) in [4.78, 5) is 5.40. The maximum Gasteiger partial charge on any atom is 0.278 e. The Morgan fingerprint density at radius 1 is 1.67 bits per heavy atom. The van der Waals surface area contributed by atoms with E-state index in [0.717, 1.165) is 5.82 Å². The number of hydrogen-bond acceptors (Lipinski definition) is 2. The molecule has 0 bridgehead atoms. The molecule has 0 atom stereocenters. The molecule has 0 aliphatic heterocycles. The Morgan fingerprint density at radius 2 is 2.44 bits per heavy atom. The minimum absolute atomic E-state index is 0.543. The summed E-state index contributed by atoms with van der Waals surface area (Å²) in [6.07, 6.45) is 0. The molecule has 1 rings (SSSR count). The van der Waals surface area contributed by atoms with Crippen LogP contribution >= 0.6 is 0 Å². The number of aromatic nitrogens is 1. The monoisotopic (exact) mass is 126 g/mol. The Hall–Kier alpha value is -1.29. The van der Waals surface area contributed by atoms with Crippen molar-refractivity contribution in [2.45, 2.75) is 0 Å². The van der Waals surface area contributed by atoms with Gasteiger partial charge in [0.25, 0.3) is 5.82 Å². The molecule has 0 saturated carbocycles. The molecule has 1 heterocycles. The van der Waals surface area contributed by atoms with E-state index >= 15 is 0 Å². The van der Waals surface area contributed by atoms with Crippen LogP contribution in [0.3, 0.4) is 0 Å². The second kappa shape index (κ2) is 2.32. The molecule has 0 aromatic carbocycles. The maximum absolute atomic E-state index is 8.32. The van der Waals surface area contributed by atoms with E-state index in [1.807, 2.05) is 5.48 Å². The SMILES string of the molecule is C=[NH+]c1ccc(NO)[nH]1. The van der Waals surface area contributed by atoms with Gasteiger partial charge in [0.15, 0.2) is 0 Å². The molecule has 0 fully saturated rings. The number of anilines is 1. The van der Waals surface area contributed by atoms with Crippen LogP contribution in [0.5, 0.6) is 0 Å². The first-order valence-electron chi connectivity index (χ1n) is 2.49. The van der Waals surface area contributed by atoms with Crippen LogP contribution in [0.4, 0.5) is 11.6 Å². The lowest BCUT2D eigenvalue weighted by atomic mass is 10.6. The number of hydrogen-bond donors (Lipinski definition) is 4. The van der Waals surface area contributed by atoms with Gasteiger partial charge in [-0.1, -0.05) is 0 Å². The molecule has 4 nitrogen and oxygen atoms in total. The molecule has 0 unspecified atom stereocenters. The van der Waals surface area contributed by atoms with Gasteiger partial charge in [-0.05, 0) is 0 Å². The predicted octanol–water partition coefficient (Wildman–Crippen LogP) is -0.772. The van der Waals surface area contributed by atoms with Gasteiger partial charge in [0.2, 0.25) is 5.82 Å². The first-order valence-corrected chi connectivity index (χ1v) is 2.49. The van der Waals surface area contributed by atoms with E-state index in [2.05, 4.69) is 16.7 Å². The van der Waals surface area contributed by atoms with Gasteiger partial charge < -0.3 is 0 Å². The predicted molar refractivity (Wildman–Crippen MR) is 33.9 cm³/mol. The van der Waals surface area contributed by atoms with Crippen molar-refractivity contribution < 1.29 is 10.2 Å². The first-order chi connectivity index (χ1) is 4.36. The van der Waals surface area contributed by atoms with Crippen molar-refractivity contribution in [3.8, 4) is 0 Å². The van der Waals surface area contributed by atoms with Crippen molar-refractivity contribution in [1.82, 2.24) is 4.98 Å². The lowest BCUT2D eigenvalue weighted by Crippen LogP contribution is -2.58. The molecule has 0 amide bonds. The Kier molecular flexibility index (Phi) is 1.51. The summed E-state index contributed by atoms with van der Waals surface area (Å²) in [5.74, 6) is 1.30. The van der Waals surface area contributed by atoms with E-state index in [0.29, 0.717) is 5.82 Å². The third kappa shape index (κ3) is 1.09. The Bertz CT molecular complexity index is 206. The zero-order chi connectivity index (χ0) is 6.69. The molecule has 9 heavy (non-hydrogen) atoms. The minimum Gasteiger partial charge on any atom is -0.288 e. The van der Waals surface area contributed by atoms with Crippen LogP contribution in [0.1, 0.15) is 0 Å². The van der Waals surface area contributed by atoms with E-state index in [1.165, 1.54) is 0 Å². The standard InChI is InChI=1S/C5H7N3O/c1-6-4-2-3-5(7-4)8-9/h2-3,7-9H,1H2/p+1. The lowest BCUT2D eigenvalue weighted by molar-refractivity contribution is -0.346. The van der Waals surface area contributed by atoms with E-state index < -0.39 is 0 Å². The molecule has 0 radical (unpaired) electrons. The molecule has 0 spiro atoms.